The van der Waals surface area contributed by atoms with Crippen molar-refractivity contribution in [3.8, 4) is 0 Å². The van der Waals surface area contributed by atoms with Crippen LogP contribution in [0.1, 0.15) is 49.4 Å². The Labute approximate surface area is 151 Å². The summed E-state index contributed by atoms with van der Waals surface area (Å²) in [5, 5.41) is 12.6. The summed E-state index contributed by atoms with van der Waals surface area (Å²) in [6.45, 7) is 6.81. The SMILES string of the molecule is CC1CCCCN1CCNC(=O)c1ccc(N2CCC(O)CC2)cc1. The van der Waals surface area contributed by atoms with Crippen molar-refractivity contribution in [1.82, 2.24) is 10.2 Å². The molecule has 0 radical (unpaired) electrons. The summed E-state index contributed by atoms with van der Waals surface area (Å²) >= 11 is 0. The summed E-state index contributed by atoms with van der Waals surface area (Å²) in [6.07, 6.45) is 5.33. The Morgan fingerprint density at radius 1 is 1.12 bits per heavy atom. The molecule has 1 aromatic rings. The number of aliphatic hydroxyl groups is 1. The van der Waals surface area contributed by atoms with E-state index in [9.17, 15) is 9.90 Å². The van der Waals surface area contributed by atoms with Crippen LogP contribution in [-0.2, 0) is 0 Å². The first kappa shape index (κ1) is 18.2. The van der Waals surface area contributed by atoms with E-state index in [4.69, 9.17) is 0 Å². The van der Waals surface area contributed by atoms with Crippen LogP contribution in [0.2, 0.25) is 0 Å². The van der Waals surface area contributed by atoms with Crippen LogP contribution in [0.15, 0.2) is 24.3 Å². The highest BCUT2D eigenvalue weighted by Crippen LogP contribution is 2.20. The molecule has 1 aromatic carbocycles. The van der Waals surface area contributed by atoms with Crippen molar-refractivity contribution in [2.24, 2.45) is 0 Å². The van der Waals surface area contributed by atoms with Crippen LogP contribution >= 0.6 is 0 Å². The van der Waals surface area contributed by atoms with Gasteiger partial charge in [0.2, 0.25) is 0 Å². The van der Waals surface area contributed by atoms with Gasteiger partial charge in [-0.3, -0.25) is 9.69 Å². The molecule has 1 atom stereocenters. The van der Waals surface area contributed by atoms with Gasteiger partial charge in [0.25, 0.3) is 5.91 Å². The average Bonchev–Trinajstić information content (AvgIpc) is 2.64. The minimum Gasteiger partial charge on any atom is -0.393 e. The fourth-order valence-corrected chi connectivity index (χ4v) is 3.85. The largest absolute Gasteiger partial charge is 0.393 e. The van der Waals surface area contributed by atoms with Crippen molar-refractivity contribution in [2.45, 2.75) is 51.2 Å². The van der Waals surface area contributed by atoms with E-state index in [1.54, 1.807) is 0 Å². The van der Waals surface area contributed by atoms with E-state index in [0.717, 1.165) is 44.7 Å². The predicted molar refractivity (Wildman–Crippen MR) is 101 cm³/mol. The Morgan fingerprint density at radius 2 is 1.84 bits per heavy atom. The van der Waals surface area contributed by atoms with E-state index in [0.29, 0.717) is 18.2 Å². The highest BCUT2D eigenvalue weighted by Gasteiger charge is 2.19. The summed E-state index contributed by atoms with van der Waals surface area (Å²) in [5.74, 6) is 0.00489. The third-order valence-corrected chi connectivity index (χ3v) is 5.58. The molecular formula is C20H31N3O2. The van der Waals surface area contributed by atoms with Gasteiger partial charge in [-0.2, -0.15) is 0 Å². The average molecular weight is 345 g/mol. The maximum Gasteiger partial charge on any atom is 0.251 e. The monoisotopic (exact) mass is 345 g/mol. The summed E-state index contributed by atoms with van der Waals surface area (Å²) in [7, 11) is 0. The molecule has 138 valence electrons. The van der Waals surface area contributed by atoms with Crippen LogP contribution < -0.4 is 10.2 Å². The smallest absolute Gasteiger partial charge is 0.251 e. The molecule has 0 spiro atoms. The Bertz CT molecular complexity index is 553. The van der Waals surface area contributed by atoms with Gasteiger partial charge < -0.3 is 15.3 Å². The van der Waals surface area contributed by atoms with Crippen molar-refractivity contribution in [3.05, 3.63) is 29.8 Å². The van der Waals surface area contributed by atoms with Crippen LogP contribution in [0.3, 0.4) is 0 Å². The van der Waals surface area contributed by atoms with Crippen LogP contribution in [0, 0.1) is 0 Å². The lowest BCUT2D eigenvalue weighted by Gasteiger charge is -2.33. The summed E-state index contributed by atoms with van der Waals surface area (Å²) in [5.41, 5.74) is 1.85. The van der Waals surface area contributed by atoms with Gasteiger partial charge >= 0.3 is 0 Å². The first-order valence-corrected chi connectivity index (χ1v) is 9.69. The third-order valence-electron chi connectivity index (χ3n) is 5.58. The van der Waals surface area contributed by atoms with Gasteiger partial charge in [-0.15, -0.1) is 0 Å². The van der Waals surface area contributed by atoms with Crippen LogP contribution in [0.5, 0.6) is 0 Å². The molecule has 2 N–H and O–H groups in total. The fourth-order valence-electron chi connectivity index (χ4n) is 3.85. The minimum atomic E-state index is -0.163. The van der Waals surface area contributed by atoms with E-state index in [1.807, 2.05) is 24.3 Å². The number of aliphatic hydroxyl groups excluding tert-OH is 1. The molecule has 2 aliphatic heterocycles. The topological polar surface area (TPSA) is 55.8 Å². The van der Waals surface area contributed by atoms with Crippen LogP contribution in [0.25, 0.3) is 0 Å². The molecule has 0 aliphatic carbocycles. The van der Waals surface area contributed by atoms with Gasteiger partial charge in [0.05, 0.1) is 6.10 Å². The van der Waals surface area contributed by atoms with E-state index in [-0.39, 0.29) is 12.0 Å². The number of likely N-dealkylation sites (tertiary alicyclic amines) is 1. The maximum absolute atomic E-state index is 12.3. The molecule has 2 fully saturated rings. The molecule has 0 bridgehead atoms. The Balaban J connectivity index is 1.46. The lowest BCUT2D eigenvalue weighted by atomic mass is 10.0. The second-order valence-electron chi connectivity index (χ2n) is 7.40. The Morgan fingerprint density at radius 3 is 2.52 bits per heavy atom. The number of nitrogens with one attached hydrogen (secondary N) is 1. The molecule has 2 heterocycles. The van der Waals surface area contributed by atoms with Gasteiger partial charge in [0.15, 0.2) is 0 Å². The Hall–Kier alpha value is -1.59. The molecule has 2 saturated heterocycles. The number of rotatable bonds is 5. The maximum atomic E-state index is 12.3. The number of nitrogens with zero attached hydrogens (tertiary/aromatic N) is 2. The molecule has 1 amide bonds. The molecular weight excluding hydrogens is 314 g/mol. The van der Waals surface area contributed by atoms with Crippen LogP contribution in [0.4, 0.5) is 5.69 Å². The van der Waals surface area contributed by atoms with Crippen molar-refractivity contribution >= 4 is 11.6 Å². The van der Waals surface area contributed by atoms with Crippen molar-refractivity contribution < 1.29 is 9.90 Å². The second-order valence-corrected chi connectivity index (χ2v) is 7.40. The number of benzene rings is 1. The zero-order chi connectivity index (χ0) is 17.6. The van der Waals surface area contributed by atoms with E-state index >= 15 is 0 Å². The van der Waals surface area contributed by atoms with Gasteiger partial charge in [-0.25, -0.2) is 0 Å². The van der Waals surface area contributed by atoms with Crippen LogP contribution in [-0.4, -0.2) is 60.8 Å². The lowest BCUT2D eigenvalue weighted by molar-refractivity contribution is 0.0938. The lowest BCUT2D eigenvalue weighted by Crippen LogP contribution is -2.42. The zero-order valence-electron chi connectivity index (χ0n) is 15.3. The number of hydrogen-bond donors (Lipinski definition) is 2. The van der Waals surface area contributed by atoms with Crippen molar-refractivity contribution in [2.75, 3.05) is 37.6 Å². The third kappa shape index (κ3) is 4.95. The summed E-state index contributed by atoms with van der Waals surface area (Å²) < 4.78 is 0. The molecule has 25 heavy (non-hydrogen) atoms. The highest BCUT2D eigenvalue weighted by molar-refractivity contribution is 5.94. The standard InChI is InChI=1S/C20H31N3O2/c1-16-4-2-3-12-22(16)15-11-21-20(25)17-5-7-18(8-6-17)23-13-9-19(24)10-14-23/h5-8,16,19,24H,2-4,9-15H2,1H3,(H,21,25). The summed E-state index contributed by atoms with van der Waals surface area (Å²) in [6, 6.07) is 8.46. The highest BCUT2D eigenvalue weighted by atomic mass is 16.3. The van der Waals surface area contributed by atoms with Crippen molar-refractivity contribution in [1.29, 1.82) is 0 Å². The number of carbonyl (C=O) groups excluding carboxylic acids is 1. The second kappa shape index (κ2) is 8.68. The van der Waals surface area contributed by atoms with E-state index in [1.165, 1.54) is 19.3 Å². The predicted octanol–water partition coefficient (Wildman–Crippen LogP) is 2.25. The number of amides is 1. The minimum absolute atomic E-state index is 0.00489. The quantitative estimate of drug-likeness (QED) is 0.859. The Kier molecular flexibility index (Phi) is 6.32. The number of hydrogen-bond acceptors (Lipinski definition) is 4. The first-order chi connectivity index (χ1) is 12.1. The number of anilines is 1. The molecule has 3 rings (SSSR count). The molecule has 5 heteroatoms. The fraction of sp³-hybridized carbons (Fsp3) is 0.650. The van der Waals surface area contributed by atoms with Gasteiger partial charge in [0, 0.05) is 43.5 Å². The number of carbonyl (C=O) groups is 1. The molecule has 0 aromatic heterocycles. The molecule has 1 unspecified atom stereocenters. The normalized spacial score (nSPS) is 22.8. The zero-order valence-corrected chi connectivity index (χ0v) is 15.3. The van der Waals surface area contributed by atoms with Gasteiger partial charge in [0.1, 0.15) is 0 Å². The van der Waals surface area contributed by atoms with Crippen molar-refractivity contribution in [3.63, 3.8) is 0 Å². The first-order valence-electron chi connectivity index (χ1n) is 9.69. The van der Waals surface area contributed by atoms with E-state index < -0.39 is 0 Å². The molecule has 2 aliphatic rings. The molecule has 5 nitrogen and oxygen atoms in total. The number of piperidine rings is 2. The molecule has 0 saturated carbocycles. The van der Waals surface area contributed by atoms with E-state index in [2.05, 4.69) is 22.0 Å². The van der Waals surface area contributed by atoms with Gasteiger partial charge in [-0.05, 0) is 63.4 Å². The summed E-state index contributed by atoms with van der Waals surface area (Å²) in [4.78, 5) is 17.1. The van der Waals surface area contributed by atoms with Gasteiger partial charge in [-0.1, -0.05) is 6.42 Å².